The molecule has 1 heterocycles. The van der Waals surface area contributed by atoms with Crippen LogP contribution in [-0.2, 0) is 9.53 Å². The molecule has 0 saturated carbocycles. The molecule has 0 N–H and O–H groups in total. The highest BCUT2D eigenvalue weighted by Gasteiger charge is 2.23. The molecule has 0 radical (unpaired) electrons. The van der Waals surface area contributed by atoms with Gasteiger partial charge in [0, 0.05) is 26.8 Å². The van der Waals surface area contributed by atoms with Gasteiger partial charge in [0.2, 0.25) is 0 Å². The molecule has 2 rings (SSSR count). The van der Waals surface area contributed by atoms with Gasteiger partial charge in [0.15, 0.2) is 18.1 Å². The third-order valence-electron chi connectivity index (χ3n) is 3.79. The number of carbonyl (C=O) groups is 1. The third kappa shape index (κ3) is 4.36. The molecule has 5 nitrogen and oxygen atoms in total. The van der Waals surface area contributed by atoms with E-state index in [9.17, 15) is 4.79 Å². The molecular weight excluding hydrogens is 270 g/mol. The number of hydrogen-bond acceptors (Lipinski definition) is 4. The van der Waals surface area contributed by atoms with Gasteiger partial charge in [-0.05, 0) is 30.9 Å². The van der Waals surface area contributed by atoms with Crippen LogP contribution in [0.1, 0.15) is 12.8 Å². The van der Waals surface area contributed by atoms with Gasteiger partial charge in [-0.2, -0.15) is 0 Å². The monoisotopic (exact) mass is 293 g/mol. The van der Waals surface area contributed by atoms with Gasteiger partial charge in [0.25, 0.3) is 5.91 Å². The van der Waals surface area contributed by atoms with Crippen LogP contribution < -0.4 is 9.47 Å². The average molecular weight is 293 g/mol. The number of hydrogen-bond donors (Lipinski definition) is 0. The van der Waals surface area contributed by atoms with E-state index >= 15 is 0 Å². The van der Waals surface area contributed by atoms with Crippen LogP contribution in [0, 0.1) is 5.92 Å². The molecule has 1 amide bonds. The largest absolute Gasteiger partial charge is 0.493 e. The summed E-state index contributed by atoms with van der Waals surface area (Å²) in [5, 5.41) is 0. The topological polar surface area (TPSA) is 48.0 Å². The normalized spacial score (nSPS) is 15.8. The SMILES string of the molecule is COCC1CCN(C(=O)COc2ccccc2OC)CC1. The Hall–Kier alpha value is -1.75. The number of likely N-dealkylation sites (tertiary alicyclic amines) is 1. The zero-order valence-electron chi connectivity index (χ0n) is 12.7. The molecule has 1 saturated heterocycles. The Morgan fingerprint density at radius 2 is 1.86 bits per heavy atom. The van der Waals surface area contributed by atoms with Crippen molar-refractivity contribution in [2.45, 2.75) is 12.8 Å². The van der Waals surface area contributed by atoms with Crippen LogP contribution in [-0.4, -0.2) is 51.3 Å². The minimum absolute atomic E-state index is 0.0248. The van der Waals surface area contributed by atoms with E-state index < -0.39 is 0 Å². The third-order valence-corrected chi connectivity index (χ3v) is 3.79. The average Bonchev–Trinajstić information content (AvgIpc) is 2.54. The number of amides is 1. The highest BCUT2D eigenvalue weighted by Crippen LogP contribution is 2.26. The molecule has 0 bridgehead atoms. The molecule has 0 aliphatic carbocycles. The van der Waals surface area contributed by atoms with E-state index in [2.05, 4.69) is 0 Å². The van der Waals surface area contributed by atoms with Crippen LogP contribution >= 0.6 is 0 Å². The van der Waals surface area contributed by atoms with Crippen molar-refractivity contribution in [2.75, 3.05) is 40.5 Å². The first-order valence-electron chi connectivity index (χ1n) is 7.27. The van der Waals surface area contributed by atoms with E-state index in [1.54, 1.807) is 20.3 Å². The van der Waals surface area contributed by atoms with Crippen molar-refractivity contribution >= 4 is 5.91 Å². The maximum atomic E-state index is 12.2. The van der Waals surface area contributed by atoms with Crippen molar-refractivity contribution in [3.63, 3.8) is 0 Å². The summed E-state index contributed by atoms with van der Waals surface area (Å²) in [4.78, 5) is 14.0. The summed E-state index contributed by atoms with van der Waals surface area (Å²) in [6, 6.07) is 7.35. The molecule has 1 aromatic rings. The van der Waals surface area contributed by atoms with Gasteiger partial charge in [-0.15, -0.1) is 0 Å². The van der Waals surface area contributed by atoms with Gasteiger partial charge in [-0.25, -0.2) is 0 Å². The van der Waals surface area contributed by atoms with Crippen LogP contribution in [0.2, 0.25) is 0 Å². The summed E-state index contributed by atoms with van der Waals surface area (Å²) >= 11 is 0. The maximum absolute atomic E-state index is 12.2. The second-order valence-corrected chi connectivity index (χ2v) is 5.22. The zero-order chi connectivity index (χ0) is 15.1. The first-order chi connectivity index (χ1) is 10.2. The Bertz CT molecular complexity index is 455. The fourth-order valence-electron chi connectivity index (χ4n) is 2.55. The smallest absolute Gasteiger partial charge is 0.260 e. The van der Waals surface area contributed by atoms with E-state index in [1.807, 2.05) is 23.1 Å². The van der Waals surface area contributed by atoms with E-state index in [0.717, 1.165) is 32.5 Å². The van der Waals surface area contributed by atoms with E-state index in [1.165, 1.54) is 0 Å². The molecule has 0 spiro atoms. The van der Waals surface area contributed by atoms with Gasteiger partial charge in [-0.3, -0.25) is 4.79 Å². The molecule has 1 fully saturated rings. The van der Waals surface area contributed by atoms with Crippen molar-refractivity contribution < 1.29 is 19.0 Å². The summed E-state index contributed by atoms with van der Waals surface area (Å²) in [6.45, 7) is 2.39. The standard InChI is InChI=1S/C16H23NO4/c1-19-11-13-7-9-17(10-8-13)16(18)12-21-15-6-4-3-5-14(15)20-2/h3-6,13H,7-12H2,1-2H3. The molecule has 21 heavy (non-hydrogen) atoms. The highest BCUT2D eigenvalue weighted by atomic mass is 16.5. The van der Waals surface area contributed by atoms with Crippen LogP contribution in [0.25, 0.3) is 0 Å². The van der Waals surface area contributed by atoms with Crippen LogP contribution in [0.5, 0.6) is 11.5 Å². The summed E-state index contributed by atoms with van der Waals surface area (Å²) in [6.07, 6.45) is 1.99. The van der Waals surface area contributed by atoms with Crippen molar-refractivity contribution in [3.8, 4) is 11.5 Å². The lowest BCUT2D eigenvalue weighted by molar-refractivity contribution is -0.135. The molecule has 1 aliphatic heterocycles. The fraction of sp³-hybridized carbons (Fsp3) is 0.562. The van der Waals surface area contributed by atoms with Crippen LogP contribution in [0.15, 0.2) is 24.3 Å². The second-order valence-electron chi connectivity index (χ2n) is 5.22. The Balaban J connectivity index is 1.80. The van der Waals surface area contributed by atoms with Crippen LogP contribution in [0.3, 0.4) is 0 Å². The predicted octanol–water partition coefficient (Wildman–Crippen LogP) is 1.96. The Morgan fingerprint density at radius 1 is 1.19 bits per heavy atom. The Kier molecular flexibility index (Phi) is 5.87. The first-order valence-corrected chi connectivity index (χ1v) is 7.27. The first kappa shape index (κ1) is 15.6. The van der Waals surface area contributed by atoms with Crippen LogP contribution in [0.4, 0.5) is 0 Å². The van der Waals surface area contributed by atoms with Crippen molar-refractivity contribution in [3.05, 3.63) is 24.3 Å². The zero-order valence-corrected chi connectivity index (χ0v) is 12.7. The van der Waals surface area contributed by atoms with Gasteiger partial charge in [-0.1, -0.05) is 12.1 Å². The molecule has 1 aromatic carbocycles. The molecule has 5 heteroatoms. The van der Waals surface area contributed by atoms with Crippen molar-refractivity contribution in [2.24, 2.45) is 5.92 Å². The lowest BCUT2D eigenvalue weighted by Crippen LogP contribution is -2.41. The summed E-state index contributed by atoms with van der Waals surface area (Å²) < 4.78 is 15.9. The van der Waals surface area contributed by atoms with E-state index in [-0.39, 0.29) is 12.5 Å². The van der Waals surface area contributed by atoms with Gasteiger partial charge >= 0.3 is 0 Å². The number of ether oxygens (including phenoxy) is 3. The van der Waals surface area contributed by atoms with E-state index in [4.69, 9.17) is 14.2 Å². The molecule has 116 valence electrons. The number of methoxy groups -OCH3 is 2. The molecular formula is C16H23NO4. The lowest BCUT2D eigenvalue weighted by Gasteiger charge is -2.31. The minimum atomic E-state index is 0.0248. The van der Waals surface area contributed by atoms with Crippen molar-refractivity contribution in [1.29, 1.82) is 0 Å². The number of piperidine rings is 1. The van der Waals surface area contributed by atoms with Gasteiger partial charge in [0.05, 0.1) is 7.11 Å². The molecule has 1 aliphatic rings. The Labute approximate surface area is 125 Å². The number of carbonyl (C=O) groups excluding carboxylic acids is 1. The lowest BCUT2D eigenvalue weighted by atomic mass is 9.98. The maximum Gasteiger partial charge on any atom is 0.260 e. The van der Waals surface area contributed by atoms with Crippen molar-refractivity contribution in [1.82, 2.24) is 4.90 Å². The highest BCUT2D eigenvalue weighted by molar-refractivity contribution is 5.78. The fourth-order valence-corrected chi connectivity index (χ4v) is 2.55. The van der Waals surface area contributed by atoms with E-state index in [0.29, 0.717) is 17.4 Å². The number of nitrogens with zero attached hydrogens (tertiary/aromatic N) is 1. The number of benzene rings is 1. The summed E-state index contributed by atoms with van der Waals surface area (Å²) in [5.41, 5.74) is 0. The molecule has 0 atom stereocenters. The number of para-hydroxylation sites is 2. The number of rotatable bonds is 6. The molecule has 0 unspecified atom stereocenters. The summed E-state index contributed by atoms with van der Waals surface area (Å²) in [7, 11) is 3.31. The quantitative estimate of drug-likeness (QED) is 0.804. The summed E-state index contributed by atoms with van der Waals surface area (Å²) in [5.74, 6) is 1.83. The molecule has 0 aromatic heterocycles. The van der Waals surface area contributed by atoms with Gasteiger partial charge < -0.3 is 19.1 Å². The van der Waals surface area contributed by atoms with Gasteiger partial charge in [0.1, 0.15) is 0 Å². The Morgan fingerprint density at radius 3 is 2.48 bits per heavy atom. The minimum Gasteiger partial charge on any atom is -0.493 e. The predicted molar refractivity (Wildman–Crippen MR) is 79.7 cm³/mol. The second kappa shape index (κ2) is 7.88.